The van der Waals surface area contributed by atoms with Gasteiger partial charge >= 0.3 is 0 Å². The van der Waals surface area contributed by atoms with E-state index in [4.69, 9.17) is 0 Å². The van der Waals surface area contributed by atoms with Crippen LogP contribution < -0.4 is 10.9 Å². The number of thioether (sulfide) groups is 1. The molecule has 4 aromatic rings. The fraction of sp³-hybridized carbons (Fsp3) is 0.160. The van der Waals surface area contributed by atoms with Crippen LogP contribution in [-0.2, 0) is 4.79 Å². The molecule has 0 unspecified atom stereocenters. The van der Waals surface area contributed by atoms with E-state index < -0.39 is 5.82 Å². The van der Waals surface area contributed by atoms with Crippen LogP contribution in [0.1, 0.15) is 16.7 Å². The molecule has 1 heterocycles. The molecule has 0 aliphatic rings. The smallest absolute Gasteiger partial charge is 0.266 e. The SMILES string of the molecule is Cc1cc(C)c(NC(=O)CSc2nc3ccccc3c(=O)n2-c2ccccc2F)c(C)c1. The second-order valence-electron chi connectivity index (χ2n) is 7.61. The van der Waals surface area contributed by atoms with Gasteiger partial charge in [-0.25, -0.2) is 9.37 Å². The van der Waals surface area contributed by atoms with Crippen molar-refractivity contribution in [3.63, 3.8) is 0 Å². The summed E-state index contributed by atoms with van der Waals surface area (Å²) >= 11 is 1.09. The Morgan fingerprint density at radius 2 is 1.69 bits per heavy atom. The monoisotopic (exact) mass is 447 g/mol. The van der Waals surface area contributed by atoms with Crippen LogP contribution in [0.4, 0.5) is 10.1 Å². The highest BCUT2D eigenvalue weighted by atomic mass is 32.2. The van der Waals surface area contributed by atoms with Crippen molar-refractivity contribution in [2.24, 2.45) is 0 Å². The minimum absolute atomic E-state index is 0.0198. The van der Waals surface area contributed by atoms with Gasteiger partial charge in [0.25, 0.3) is 5.56 Å². The molecule has 4 rings (SSSR count). The second-order valence-corrected chi connectivity index (χ2v) is 8.56. The lowest BCUT2D eigenvalue weighted by Gasteiger charge is -2.15. The summed E-state index contributed by atoms with van der Waals surface area (Å²) in [6, 6.07) is 17.0. The Morgan fingerprint density at radius 1 is 1.03 bits per heavy atom. The van der Waals surface area contributed by atoms with E-state index in [9.17, 15) is 14.0 Å². The van der Waals surface area contributed by atoms with Crippen LogP contribution in [-0.4, -0.2) is 21.2 Å². The number of fused-ring (bicyclic) bond motifs is 1. The van der Waals surface area contributed by atoms with Gasteiger partial charge in [-0.05, 0) is 56.2 Å². The third-order valence-corrected chi connectivity index (χ3v) is 6.05. The van der Waals surface area contributed by atoms with E-state index in [0.29, 0.717) is 10.9 Å². The number of carbonyl (C=O) groups is 1. The van der Waals surface area contributed by atoms with E-state index in [1.54, 1.807) is 36.4 Å². The highest BCUT2D eigenvalue weighted by Gasteiger charge is 2.17. The summed E-state index contributed by atoms with van der Waals surface area (Å²) in [5.41, 5.74) is 4.08. The number of aryl methyl sites for hydroxylation is 3. The topological polar surface area (TPSA) is 64.0 Å². The molecule has 32 heavy (non-hydrogen) atoms. The number of hydrogen-bond donors (Lipinski definition) is 1. The molecule has 0 spiro atoms. The third-order valence-electron chi connectivity index (χ3n) is 5.11. The van der Waals surface area contributed by atoms with Gasteiger partial charge in [0.2, 0.25) is 5.91 Å². The normalized spacial score (nSPS) is 11.0. The highest BCUT2D eigenvalue weighted by molar-refractivity contribution is 7.99. The lowest BCUT2D eigenvalue weighted by atomic mass is 10.1. The number of halogens is 1. The molecule has 0 aliphatic carbocycles. The summed E-state index contributed by atoms with van der Waals surface area (Å²) in [7, 11) is 0. The maximum absolute atomic E-state index is 14.6. The van der Waals surface area contributed by atoms with Crippen LogP contribution in [0.25, 0.3) is 16.6 Å². The van der Waals surface area contributed by atoms with Crippen LogP contribution in [0.3, 0.4) is 0 Å². The van der Waals surface area contributed by atoms with Gasteiger partial charge in [-0.1, -0.05) is 53.7 Å². The number of nitrogens with one attached hydrogen (secondary N) is 1. The summed E-state index contributed by atoms with van der Waals surface area (Å²) in [6.07, 6.45) is 0. The van der Waals surface area contributed by atoms with Gasteiger partial charge in [0.15, 0.2) is 5.16 Å². The zero-order valence-corrected chi connectivity index (χ0v) is 18.8. The molecule has 0 aliphatic heterocycles. The molecule has 0 fully saturated rings. The molecule has 1 amide bonds. The van der Waals surface area contributed by atoms with Crippen molar-refractivity contribution in [3.8, 4) is 5.69 Å². The van der Waals surface area contributed by atoms with Crippen LogP contribution in [0.5, 0.6) is 0 Å². The number of rotatable bonds is 5. The molecule has 7 heteroatoms. The first-order valence-corrected chi connectivity index (χ1v) is 11.1. The predicted molar refractivity (Wildman–Crippen MR) is 127 cm³/mol. The van der Waals surface area contributed by atoms with Crippen molar-refractivity contribution in [2.75, 3.05) is 11.1 Å². The molecular formula is C25H22FN3O2S. The standard InChI is InChI=1S/C25H22FN3O2S/c1-15-12-16(2)23(17(3)13-15)28-22(30)14-32-25-27-20-10-6-4-8-18(20)24(31)29(25)21-11-7-5-9-19(21)26/h4-13H,14H2,1-3H3,(H,28,30). The Morgan fingerprint density at radius 3 is 2.41 bits per heavy atom. The first-order valence-electron chi connectivity index (χ1n) is 10.1. The number of benzene rings is 3. The first kappa shape index (κ1) is 21.8. The average Bonchev–Trinajstić information content (AvgIpc) is 2.76. The maximum Gasteiger partial charge on any atom is 0.266 e. The largest absolute Gasteiger partial charge is 0.325 e. The summed E-state index contributed by atoms with van der Waals surface area (Å²) in [4.78, 5) is 30.5. The summed E-state index contributed by atoms with van der Waals surface area (Å²) in [5.74, 6) is -0.747. The average molecular weight is 448 g/mol. The minimum atomic E-state index is -0.538. The molecule has 3 aromatic carbocycles. The van der Waals surface area contributed by atoms with Gasteiger partial charge in [0, 0.05) is 5.69 Å². The van der Waals surface area contributed by atoms with Crippen molar-refractivity contribution >= 4 is 34.3 Å². The van der Waals surface area contributed by atoms with E-state index in [1.165, 1.54) is 16.7 Å². The number of amides is 1. The van der Waals surface area contributed by atoms with E-state index in [1.807, 2.05) is 32.9 Å². The number of anilines is 1. The zero-order valence-electron chi connectivity index (χ0n) is 18.0. The van der Waals surface area contributed by atoms with Crippen molar-refractivity contribution in [3.05, 3.63) is 93.5 Å². The fourth-order valence-corrected chi connectivity index (χ4v) is 4.54. The van der Waals surface area contributed by atoms with Crippen LogP contribution in [0.15, 0.2) is 70.6 Å². The Labute approximate surface area is 189 Å². The van der Waals surface area contributed by atoms with E-state index in [2.05, 4.69) is 10.3 Å². The Balaban J connectivity index is 1.69. The van der Waals surface area contributed by atoms with Crippen LogP contribution >= 0.6 is 11.8 Å². The third kappa shape index (κ3) is 4.29. The Bertz CT molecular complexity index is 1370. The molecule has 1 N–H and O–H groups in total. The van der Waals surface area contributed by atoms with Crippen molar-refractivity contribution in [1.29, 1.82) is 0 Å². The molecule has 162 valence electrons. The minimum Gasteiger partial charge on any atom is -0.325 e. The lowest BCUT2D eigenvalue weighted by molar-refractivity contribution is -0.113. The molecule has 0 radical (unpaired) electrons. The van der Waals surface area contributed by atoms with Gasteiger partial charge in [-0.15, -0.1) is 0 Å². The fourth-order valence-electron chi connectivity index (χ4n) is 3.74. The van der Waals surface area contributed by atoms with E-state index in [0.717, 1.165) is 34.1 Å². The lowest BCUT2D eigenvalue weighted by Crippen LogP contribution is -2.23. The number of hydrogen-bond acceptors (Lipinski definition) is 4. The first-order chi connectivity index (χ1) is 15.3. The van der Waals surface area contributed by atoms with E-state index >= 15 is 0 Å². The number of nitrogens with zero attached hydrogens (tertiary/aromatic N) is 2. The van der Waals surface area contributed by atoms with Gasteiger partial charge in [-0.3, -0.25) is 14.2 Å². The van der Waals surface area contributed by atoms with Gasteiger partial charge in [-0.2, -0.15) is 0 Å². The number of carbonyl (C=O) groups excluding carboxylic acids is 1. The number of aromatic nitrogens is 2. The molecular weight excluding hydrogens is 425 g/mol. The van der Waals surface area contributed by atoms with Crippen LogP contribution in [0.2, 0.25) is 0 Å². The van der Waals surface area contributed by atoms with Crippen molar-refractivity contribution in [1.82, 2.24) is 9.55 Å². The van der Waals surface area contributed by atoms with Crippen LogP contribution in [0, 0.1) is 26.6 Å². The zero-order chi connectivity index (χ0) is 22.8. The molecule has 5 nitrogen and oxygen atoms in total. The Hall–Kier alpha value is -3.45. The quantitative estimate of drug-likeness (QED) is 0.338. The molecule has 0 atom stereocenters. The molecule has 0 saturated carbocycles. The molecule has 0 bridgehead atoms. The Kier molecular flexibility index (Phi) is 6.10. The number of para-hydroxylation sites is 2. The second kappa shape index (κ2) is 8.96. The molecule has 0 saturated heterocycles. The summed E-state index contributed by atoms with van der Waals surface area (Å²) in [6.45, 7) is 5.90. The van der Waals surface area contributed by atoms with Crippen molar-refractivity contribution < 1.29 is 9.18 Å². The van der Waals surface area contributed by atoms with Crippen molar-refractivity contribution in [2.45, 2.75) is 25.9 Å². The summed E-state index contributed by atoms with van der Waals surface area (Å²) in [5, 5.41) is 3.59. The highest BCUT2D eigenvalue weighted by Crippen LogP contribution is 2.25. The van der Waals surface area contributed by atoms with Gasteiger partial charge in [0.1, 0.15) is 5.82 Å². The molecule has 1 aromatic heterocycles. The van der Waals surface area contributed by atoms with Gasteiger partial charge < -0.3 is 5.32 Å². The summed E-state index contributed by atoms with van der Waals surface area (Å²) < 4.78 is 15.8. The maximum atomic E-state index is 14.6. The predicted octanol–water partition coefficient (Wildman–Crippen LogP) is 5.18. The van der Waals surface area contributed by atoms with E-state index in [-0.39, 0.29) is 28.1 Å². The van der Waals surface area contributed by atoms with Gasteiger partial charge in [0.05, 0.1) is 22.3 Å².